The molecule has 0 amide bonds. The van der Waals surface area contributed by atoms with Crippen LogP contribution >= 0.6 is 0 Å². The first-order valence-corrected chi connectivity index (χ1v) is 5.13. The number of carbonyl (C=O) groups is 2. The average Bonchev–Trinajstić information content (AvgIpc) is 2.28. The fourth-order valence-corrected chi connectivity index (χ4v) is 1.56. The van der Waals surface area contributed by atoms with Gasteiger partial charge in [0.1, 0.15) is 5.75 Å². The summed E-state index contributed by atoms with van der Waals surface area (Å²) < 4.78 is 5.00. The number of methoxy groups -OCH3 is 1. The number of carboxylic acids is 2. The number of hydrogen-bond acceptors (Lipinski definition) is 3. The van der Waals surface area contributed by atoms with Gasteiger partial charge in [0.2, 0.25) is 0 Å². The molecular formula is C12H14O5. The Bertz CT molecular complexity index is 413. The molecule has 0 aromatic heterocycles. The highest BCUT2D eigenvalue weighted by molar-refractivity contribution is 5.77. The highest BCUT2D eigenvalue weighted by Gasteiger charge is 2.21. The quantitative estimate of drug-likeness (QED) is 0.788. The van der Waals surface area contributed by atoms with Crippen LogP contribution in [0.1, 0.15) is 24.3 Å². The Morgan fingerprint density at radius 1 is 1.35 bits per heavy atom. The van der Waals surface area contributed by atoms with Crippen molar-refractivity contribution in [3.8, 4) is 5.75 Å². The molecule has 17 heavy (non-hydrogen) atoms. The first-order chi connectivity index (χ1) is 8.04. The van der Waals surface area contributed by atoms with Crippen molar-refractivity contribution in [2.24, 2.45) is 0 Å². The monoisotopic (exact) mass is 238 g/mol. The lowest BCUT2D eigenvalue weighted by Gasteiger charge is -2.12. The molecule has 0 spiro atoms. The Kier molecular flexibility index (Phi) is 4.51. The summed E-state index contributed by atoms with van der Waals surface area (Å²) in [7, 11) is 1.49. The van der Waals surface area contributed by atoms with Crippen molar-refractivity contribution in [1.82, 2.24) is 0 Å². The molecule has 0 saturated heterocycles. The number of rotatable bonds is 6. The van der Waals surface area contributed by atoms with Crippen LogP contribution in [0.3, 0.4) is 0 Å². The van der Waals surface area contributed by atoms with Gasteiger partial charge in [0.05, 0.1) is 13.0 Å². The van der Waals surface area contributed by atoms with Gasteiger partial charge >= 0.3 is 11.9 Å². The minimum absolute atomic E-state index is 0.0673. The Morgan fingerprint density at radius 3 is 2.59 bits per heavy atom. The van der Waals surface area contributed by atoms with E-state index in [4.69, 9.17) is 14.9 Å². The normalized spacial score (nSPS) is 11.8. The summed E-state index contributed by atoms with van der Waals surface area (Å²) in [4.78, 5) is 21.5. The molecule has 5 nitrogen and oxygen atoms in total. The molecule has 2 N–H and O–H groups in total. The Morgan fingerprint density at radius 2 is 2.06 bits per heavy atom. The molecule has 0 bridgehead atoms. The van der Waals surface area contributed by atoms with Crippen molar-refractivity contribution < 1.29 is 24.5 Å². The fourth-order valence-electron chi connectivity index (χ4n) is 1.56. The summed E-state index contributed by atoms with van der Waals surface area (Å²) in [6, 6.07) is 6.66. The van der Waals surface area contributed by atoms with Crippen molar-refractivity contribution in [3.63, 3.8) is 0 Å². The molecule has 5 heteroatoms. The van der Waals surface area contributed by atoms with E-state index in [2.05, 4.69) is 0 Å². The van der Waals surface area contributed by atoms with Gasteiger partial charge in [0, 0.05) is 6.42 Å². The van der Waals surface area contributed by atoms with E-state index in [1.54, 1.807) is 24.3 Å². The molecule has 0 saturated carbocycles. The second-order valence-electron chi connectivity index (χ2n) is 3.60. The van der Waals surface area contributed by atoms with E-state index < -0.39 is 17.9 Å². The van der Waals surface area contributed by atoms with Crippen LogP contribution < -0.4 is 4.74 Å². The van der Waals surface area contributed by atoms with Gasteiger partial charge in [-0.2, -0.15) is 0 Å². The smallest absolute Gasteiger partial charge is 0.310 e. The predicted octanol–water partition coefficient (Wildman–Crippen LogP) is 1.73. The summed E-state index contributed by atoms with van der Waals surface area (Å²) in [5, 5.41) is 17.6. The van der Waals surface area contributed by atoms with E-state index >= 15 is 0 Å². The van der Waals surface area contributed by atoms with Gasteiger partial charge in [-0.3, -0.25) is 9.59 Å². The first-order valence-electron chi connectivity index (χ1n) is 5.13. The molecule has 1 atom stereocenters. The molecule has 1 unspecified atom stereocenters. The summed E-state index contributed by atoms with van der Waals surface area (Å²) >= 11 is 0. The van der Waals surface area contributed by atoms with Gasteiger partial charge < -0.3 is 14.9 Å². The Balaban J connectivity index is 2.88. The van der Waals surface area contributed by atoms with Crippen LogP contribution in [0.25, 0.3) is 0 Å². The van der Waals surface area contributed by atoms with Gasteiger partial charge in [-0.05, 0) is 24.1 Å². The zero-order valence-corrected chi connectivity index (χ0v) is 9.42. The topological polar surface area (TPSA) is 83.8 Å². The largest absolute Gasteiger partial charge is 0.497 e. The first kappa shape index (κ1) is 13.0. The molecule has 0 fully saturated rings. The van der Waals surface area contributed by atoms with E-state index in [-0.39, 0.29) is 12.8 Å². The van der Waals surface area contributed by atoms with Crippen molar-refractivity contribution in [2.45, 2.75) is 18.8 Å². The van der Waals surface area contributed by atoms with E-state index in [0.29, 0.717) is 11.3 Å². The summed E-state index contributed by atoms with van der Waals surface area (Å²) in [6.45, 7) is 0. The lowest BCUT2D eigenvalue weighted by atomic mass is 9.94. The summed E-state index contributed by atoms with van der Waals surface area (Å²) in [5.74, 6) is -2.29. The lowest BCUT2D eigenvalue weighted by Crippen LogP contribution is -2.13. The minimum Gasteiger partial charge on any atom is -0.497 e. The maximum Gasteiger partial charge on any atom is 0.310 e. The van der Waals surface area contributed by atoms with Crippen LogP contribution in [-0.4, -0.2) is 29.3 Å². The van der Waals surface area contributed by atoms with Crippen LogP contribution in [-0.2, 0) is 9.59 Å². The zero-order chi connectivity index (χ0) is 12.8. The minimum atomic E-state index is -1.03. The second kappa shape index (κ2) is 5.89. The van der Waals surface area contributed by atoms with Gasteiger partial charge in [0.15, 0.2) is 0 Å². The maximum atomic E-state index is 11.1. The summed E-state index contributed by atoms with van der Waals surface area (Å²) in [5.41, 5.74) is 0.554. The van der Waals surface area contributed by atoms with Crippen LogP contribution in [0.2, 0.25) is 0 Å². The molecule has 0 aliphatic rings. The highest BCUT2D eigenvalue weighted by atomic mass is 16.5. The number of hydrogen-bond donors (Lipinski definition) is 2. The molecule has 0 radical (unpaired) electrons. The second-order valence-corrected chi connectivity index (χ2v) is 3.60. The zero-order valence-electron chi connectivity index (χ0n) is 9.42. The van der Waals surface area contributed by atoms with E-state index in [0.717, 1.165) is 0 Å². The van der Waals surface area contributed by atoms with Gasteiger partial charge in [-0.1, -0.05) is 12.1 Å². The van der Waals surface area contributed by atoms with E-state index in [9.17, 15) is 9.59 Å². The van der Waals surface area contributed by atoms with Crippen molar-refractivity contribution in [1.29, 1.82) is 0 Å². The fraction of sp³-hybridized carbons (Fsp3) is 0.333. The molecule has 1 aromatic rings. The summed E-state index contributed by atoms with van der Waals surface area (Å²) in [6.07, 6.45) is -0.105. The number of aliphatic carboxylic acids is 2. The third-order valence-corrected chi connectivity index (χ3v) is 2.44. The van der Waals surface area contributed by atoms with Crippen LogP contribution in [0.5, 0.6) is 5.75 Å². The van der Waals surface area contributed by atoms with Gasteiger partial charge in [-0.25, -0.2) is 0 Å². The Labute approximate surface area is 98.6 Å². The standard InChI is InChI=1S/C12H14O5/c1-17-9-4-2-3-8(7-9)10(12(15)16)5-6-11(13)14/h2-4,7,10H,5-6H2,1H3,(H,13,14)(H,15,16). The van der Waals surface area contributed by atoms with Crippen molar-refractivity contribution in [3.05, 3.63) is 29.8 Å². The molecule has 92 valence electrons. The third kappa shape index (κ3) is 3.79. The molecule has 1 aromatic carbocycles. The average molecular weight is 238 g/mol. The van der Waals surface area contributed by atoms with E-state index in [1.165, 1.54) is 7.11 Å². The third-order valence-electron chi connectivity index (χ3n) is 2.44. The number of benzene rings is 1. The highest BCUT2D eigenvalue weighted by Crippen LogP contribution is 2.25. The number of carboxylic acid groups (broad SMARTS) is 2. The number of ether oxygens (including phenoxy) is 1. The van der Waals surface area contributed by atoms with Gasteiger partial charge in [0.25, 0.3) is 0 Å². The van der Waals surface area contributed by atoms with Crippen LogP contribution in [0.4, 0.5) is 0 Å². The molecule has 0 heterocycles. The lowest BCUT2D eigenvalue weighted by molar-refractivity contribution is -0.140. The van der Waals surface area contributed by atoms with Gasteiger partial charge in [-0.15, -0.1) is 0 Å². The van der Waals surface area contributed by atoms with Crippen molar-refractivity contribution in [2.75, 3.05) is 7.11 Å². The predicted molar refractivity (Wildman–Crippen MR) is 60.2 cm³/mol. The molecule has 1 rings (SSSR count). The molecule has 0 aliphatic heterocycles. The van der Waals surface area contributed by atoms with E-state index in [1.807, 2.05) is 0 Å². The SMILES string of the molecule is COc1cccc(C(CCC(=O)O)C(=O)O)c1. The Hall–Kier alpha value is -2.04. The maximum absolute atomic E-state index is 11.1. The van der Waals surface area contributed by atoms with Crippen molar-refractivity contribution >= 4 is 11.9 Å². The molecule has 0 aliphatic carbocycles. The molecular weight excluding hydrogens is 224 g/mol. The van der Waals surface area contributed by atoms with Crippen LogP contribution in [0.15, 0.2) is 24.3 Å². The van der Waals surface area contributed by atoms with Crippen LogP contribution in [0, 0.1) is 0 Å².